The minimum atomic E-state index is 0.318. The quantitative estimate of drug-likeness (QED) is 0.245. The molecule has 0 N–H and O–H groups in total. The van der Waals surface area contributed by atoms with Gasteiger partial charge in [-0.3, -0.25) is 4.98 Å². The second kappa shape index (κ2) is 9.46. The number of fused-ring (bicyclic) bond motifs is 3. The summed E-state index contributed by atoms with van der Waals surface area (Å²) in [6.07, 6.45) is 18.5. The van der Waals surface area contributed by atoms with Crippen LogP contribution in [-0.2, 0) is 0 Å². The Morgan fingerprint density at radius 3 is 2.45 bits per heavy atom. The van der Waals surface area contributed by atoms with Gasteiger partial charge in [-0.1, -0.05) is 84.5 Å². The Kier molecular flexibility index (Phi) is 5.66. The van der Waals surface area contributed by atoms with Crippen molar-refractivity contribution in [1.82, 2.24) is 9.55 Å². The fraction of sp³-hybridized carbons (Fsp3) is 0.139. The molecule has 7 rings (SSSR count). The van der Waals surface area contributed by atoms with Crippen LogP contribution < -0.4 is 0 Å². The summed E-state index contributed by atoms with van der Waals surface area (Å²) in [6.45, 7) is 2.16. The van der Waals surface area contributed by atoms with E-state index < -0.39 is 0 Å². The lowest BCUT2D eigenvalue weighted by atomic mass is 9.92. The summed E-state index contributed by atoms with van der Waals surface area (Å²) in [6, 6.07) is 29.1. The van der Waals surface area contributed by atoms with E-state index in [9.17, 15) is 0 Å². The molecule has 2 heteroatoms. The van der Waals surface area contributed by atoms with Gasteiger partial charge >= 0.3 is 0 Å². The SMILES string of the molecule is Cc1ccc2c(c1)c1ccccc1n2-c1ccc(-c2cc(C3=CC=CCC3)nc(C3C=CC=CC3)c2)cc1. The first-order valence-corrected chi connectivity index (χ1v) is 13.6. The van der Waals surface area contributed by atoms with E-state index in [0.717, 1.165) is 30.7 Å². The first kappa shape index (κ1) is 22.7. The number of para-hydroxylation sites is 1. The van der Waals surface area contributed by atoms with Crippen molar-refractivity contribution in [2.75, 3.05) is 0 Å². The number of pyridine rings is 1. The Morgan fingerprint density at radius 1 is 0.763 bits per heavy atom. The third-order valence-corrected chi connectivity index (χ3v) is 7.84. The zero-order valence-corrected chi connectivity index (χ0v) is 21.6. The Morgan fingerprint density at radius 2 is 1.63 bits per heavy atom. The molecule has 184 valence electrons. The summed E-state index contributed by atoms with van der Waals surface area (Å²) in [4.78, 5) is 5.15. The molecule has 0 bridgehead atoms. The van der Waals surface area contributed by atoms with Gasteiger partial charge in [-0.25, -0.2) is 0 Å². The third kappa shape index (κ3) is 4.03. The fourth-order valence-corrected chi connectivity index (χ4v) is 5.86. The number of rotatable bonds is 4. The van der Waals surface area contributed by atoms with E-state index >= 15 is 0 Å². The molecular formula is C36H30N2. The van der Waals surface area contributed by atoms with E-state index in [4.69, 9.17) is 4.98 Å². The van der Waals surface area contributed by atoms with Crippen LogP contribution in [0.25, 0.3) is 44.2 Å². The summed E-state index contributed by atoms with van der Waals surface area (Å²) in [5, 5.41) is 2.60. The highest BCUT2D eigenvalue weighted by Gasteiger charge is 2.16. The van der Waals surface area contributed by atoms with Crippen molar-refractivity contribution in [1.29, 1.82) is 0 Å². The Bertz CT molecular complexity index is 1790. The minimum absolute atomic E-state index is 0.318. The highest BCUT2D eigenvalue weighted by atomic mass is 15.0. The second-order valence-corrected chi connectivity index (χ2v) is 10.4. The van der Waals surface area contributed by atoms with Gasteiger partial charge in [-0.2, -0.15) is 0 Å². The van der Waals surface area contributed by atoms with Crippen LogP contribution in [0, 0.1) is 6.92 Å². The predicted molar refractivity (Wildman–Crippen MR) is 161 cm³/mol. The number of allylic oxidation sites excluding steroid dienone is 8. The molecule has 2 nitrogen and oxygen atoms in total. The number of benzene rings is 3. The van der Waals surface area contributed by atoms with Crippen molar-refractivity contribution >= 4 is 27.4 Å². The van der Waals surface area contributed by atoms with Crippen LogP contribution in [0.5, 0.6) is 0 Å². The van der Waals surface area contributed by atoms with Crippen molar-refractivity contribution in [3.8, 4) is 16.8 Å². The van der Waals surface area contributed by atoms with E-state index in [1.165, 1.54) is 49.8 Å². The molecule has 0 radical (unpaired) electrons. The molecule has 0 saturated carbocycles. The lowest BCUT2D eigenvalue weighted by molar-refractivity contribution is 0.812. The number of aromatic nitrogens is 2. The van der Waals surface area contributed by atoms with Gasteiger partial charge in [0.2, 0.25) is 0 Å². The molecule has 2 aliphatic carbocycles. The topological polar surface area (TPSA) is 17.8 Å². The molecule has 0 spiro atoms. The van der Waals surface area contributed by atoms with Crippen LogP contribution in [0.2, 0.25) is 0 Å². The van der Waals surface area contributed by atoms with Crippen molar-refractivity contribution < 1.29 is 0 Å². The summed E-state index contributed by atoms with van der Waals surface area (Å²) >= 11 is 0. The average Bonchev–Trinajstić information content (AvgIpc) is 3.31. The van der Waals surface area contributed by atoms with Crippen LogP contribution in [-0.4, -0.2) is 9.55 Å². The standard InChI is InChI=1S/C36H30N2/c1-25-16-21-36-32(22-25)31-14-8-9-15-35(31)38(36)30-19-17-26(18-20-30)29-23-33(27-10-4-2-5-11-27)37-34(24-29)28-12-6-3-7-13-28/h2-6,8-10,12,14-24,27H,7,11,13H2,1H3. The fourth-order valence-electron chi connectivity index (χ4n) is 5.86. The van der Waals surface area contributed by atoms with Crippen LogP contribution in [0.3, 0.4) is 0 Å². The number of hydrogen-bond donors (Lipinski definition) is 0. The predicted octanol–water partition coefficient (Wildman–Crippen LogP) is 9.49. The maximum atomic E-state index is 5.15. The highest BCUT2D eigenvalue weighted by Crippen LogP contribution is 2.35. The summed E-state index contributed by atoms with van der Waals surface area (Å²) in [5.74, 6) is 0.318. The maximum Gasteiger partial charge on any atom is 0.0671 e. The van der Waals surface area contributed by atoms with Gasteiger partial charge in [0, 0.05) is 28.1 Å². The zero-order valence-electron chi connectivity index (χ0n) is 21.6. The number of nitrogens with zero attached hydrogens (tertiary/aromatic N) is 2. The smallest absolute Gasteiger partial charge is 0.0671 e. The largest absolute Gasteiger partial charge is 0.309 e. The zero-order chi connectivity index (χ0) is 25.5. The van der Waals surface area contributed by atoms with Crippen molar-refractivity contribution in [2.45, 2.75) is 32.1 Å². The van der Waals surface area contributed by atoms with Crippen LogP contribution in [0.15, 0.2) is 121 Å². The molecule has 2 heterocycles. The van der Waals surface area contributed by atoms with Gasteiger partial charge in [-0.05, 0) is 85.4 Å². The molecule has 2 aliphatic rings. The lowest BCUT2D eigenvalue weighted by Crippen LogP contribution is -2.04. The third-order valence-electron chi connectivity index (χ3n) is 7.84. The van der Waals surface area contributed by atoms with Gasteiger partial charge in [-0.15, -0.1) is 0 Å². The van der Waals surface area contributed by atoms with Crippen molar-refractivity contribution in [3.63, 3.8) is 0 Å². The van der Waals surface area contributed by atoms with Gasteiger partial charge in [0.25, 0.3) is 0 Å². The molecule has 38 heavy (non-hydrogen) atoms. The Balaban J connectivity index is 1.33. The molecule has 0 saturated heterocycles. The van der Waals surface area contributed by atoms with Crippen LogP contribution in [0.4, 0.5) is 0 Å². The maximum absolute atomic E-state index is 5.15. The summed E-state index contributed by atoms with van der Waals surface area (Å²) < 4.78 is 2.38. The van der Waals surface area contributed by atoms with Gasteiger partial charge in [0.15, 0.2) is 0 Å². The molecule has 1 atom stereocenters. The molecule has 0 amide bonds. The monoisotopic (exact) mass is 490 g/mol. The van der Waals surface area contributed by atoms with Crippen molar-refractivity contribution in [3.05, 3.63) is 138 Å². The van der Waals surface area contributed by atoms with Gasteiger partial charge < -0.3 is 4.57 Å². The summed E-state index contributed by atoms with van der Waals surface area (Å²) in [7, 11) is 0. The second-order valence-electron chi connectivity index (χ2n) is 10.4. The average molecular weight is 491 g/mol. The molecule has 0 aliphatic heterocycles. The molecule has 3 aromatic carbocycles. The first-order chi connectivity index (χ1) is 18.7. The Hall–Kier alpha value is -4.43. The Labute approximate surface area is 224 Å². The van der Waals surface area contributed by atoms with Crippen molar-refractivity contribution in [2.24, 2.45) is 0 Å². The molecule has 1 unspecified atom stereocenters. The van der Waals surface area contributed by atoms with Crippen LogP contribution in [0.1, 0.15) is 42.1 Å². The van der Waals surface area contributed by atoms with E-state index in [1.54, 1.807) is 0 Å². The van der Waals surface area contributed by atoms with E-state index in [0.29, 0.717) is 5.92 Å². The van der Waals surface area contributed by atoms with Crippen LogP contribution >= 0.6 is 0 Å². The summed E-state index contributed by atoms with van der Waals surface area (Å²) in [5.41, 5.74) is 11.0. The lowest BCUT2D eigenvalue weighted by Gasteiger charge is -2.18. The molecular weight excluding hydrogens is 460 g/mol. The number of aryl methyl sites for hydroxylation is 1. The molecule has 0 fully saturated rings. The van der Waals surface area contributed by atoms with Gasteiger partial charge in [0.1, 0.15) is 0 Å². The normalized spacial score (nSPS) is 16.9. The minimum Gasteiger partial charge on any atom is -0.309 e. The molecule has 5 aromatic rings. The highest BCUT2D eigenvalue weighted by molar-refractivity contribution is 6.09. The first-order valence-electron chi connectivity index (χ1n) is 13.6. The van der Waals surface area contributed by atoms with E-state index in [-0.39, 0.29) is 0 Å². The van der Waals surface area contributed by atoms with Gasteiger partial charge in [0.05, 0.1) is 16.7 Å². The number of hydrogen-bond acceptors (Lipinski definition) is 1. The van der Waals surface area contributed by atoms with E-state index in [2.05, 4.69) is 133 Å². The van der Waals surface area contributed by atoms with E-state index in [1.807, 2.05) is 0 Å². The molecule has 2 aromatic heterocycles.